The quantitative estimate of drug-likeness (QED) is 0.596. The summed E-state index contributed by atoms with van der Waals surface area (Å²) in [5, 5.41) is 5.55. The molecule has 0 spiro atoms. The van der Waals surface area contributed by atoms with Gasteiger partial charge in [0.15, 0.2) is 10.8 Å². The molecule has 0 radical (unpaired) electrons. The van der Waals surface area contributed by atoms with Crippen molar-refractivity contribution < 1.29 is 14.0 Å². The Kier molecular flexibility index (Phi) is 5.00. The fourth-order valence-corrected chi connectivity index (χ4v) is 4.28. The molecule has 0 aliphatic carbocycles. The van der Waals surface area contributed by atoms with Crippen molar-refractivity contribution in [3.63, 3.8) is 0 Å². The monoisotopic (exact) mass is 395 g/mol. The van der Waals surface area contributed by atoms with Gasteiger partial charge in [0, 0.05) is 5.38 Å². The highest BCUT2D eigenvalue weighted by molar-refractivity contribution is 7.13. The lowest BCUT2D eigenvalue weighted by Gasteiger charge is -2.27. The number of hydrogen-bond donors (Lipinski definition) is 1. The summed E-state index contributed by atoms with van der Waals surface area (Å²) in [5.41, 5.74) is 0.479. The summed E-state index contributed by atoms with van der Waals surface area (Å²) in [5.74, 6) is 0.458. The number of imide groups is 1. The van der Waals surface area contributed by atoms with Crippen molar-refractivity contribution in [2.45, 2.75) is 38.3 Å². The number of hydrogen-bond acceptors (Lipinski definition) is 5. The van der Waals surface area contributed by atoms with E-state index in [-0.39, 0.29) is 18.5 Å². The molecule has 144 valence electrons. The highest BCUT2D eigenvalue weighted by Gasteiger charge is 2.51. The molecule has 0 bridgehead atoms. The van der Waals surface area contributed by atoms with Crippen LogP contribution in [0.25, 0.3) is 10.8 Å². The van der Waals surface area contributed by atoms with E-state index in [0.29, 0.717) is 17.9 Å². The molecule has 3 aromatic rings. The van der Waals surface area contributed by atoms with E-state index >= 15 is 0 Å². The second kappa shape index (κ2) is 7.59. The van der Waals surface area contributed by atoms with Crippen LogP contribution in [0.2, 0.25) is 0 Å². The van der Waals surface area contributed by atoms with E-state index in [2.05, 4.69) is 17.2 Å². The first kappa shape index (κ1) is 18.4. The molecule has 2 aromatic heterocycles. The van der Waals surface area contributed by atoms with Crippen LogP contribution in [0.15, 0.2) is 58.5 Å². The lowest BCUT2D eigenvalue weighted by Crippen LogP contribution is -2.44. The van der Waals surface area contributed by atoms with E-state index in [9.17, 15) is 9.59 Å². The molecule has 1 aromatic carbocycles. The topological polar surface area (TPSA) is 75.4 Å². The maximum Gasteiger partial charge on any atom is 0.325 e. The second-order valence-electron chi connectivity index (χ2n) is 6.82. The molecule has 1 fully saturated rings. The number of furan rings is 1. The Morgan fingerprint density at radius 2 is 2.00 bits per heavy atom. The lowest BCUT2D eigenvalue weighted by molar-refractivity contribution is -0.132. The molecular formula is C21H21N3O3S. The number of nitrogens with one attached hydrogen (secondary N) is 1. The summed E-state index contributed by atoms with van der Waals surface area (Å²) in [6, 6.07) is 12.7. The first-order valence-corrected chi connectivity index (χ1v) is 10.2. The Balaban J connectivity index is 1.60. The van der Waals surface area contributed by atoms with Crippen LogP contribution in [0.1, 0.15) is 37.4 Å². The molecule has 1 atom stereocenters. The van der Waals surface area contributed by atoms with Gasteiger partial charge in [-0.3, -0.25) is 9.69 Å². The summed E-state index contributed by atoms with van der Waals surface area (Å²) in [6.45, 7) is 2.21. The fraction of sp³-hybridized carbons (Fsp3) is 0.286. The highest BCUT2D eigenvalue weighted by atomic mass is 32.1. The van der Waals surface area contributed by atoms with Crippen LogP contribution in [-0.2, 0) is 16.9 Å². The third kappa shape index (κ3) is 3.22. The standard InChI is InChI=1S/C21H21N3O3S/c1-2-3-11-21(15-8-5-4-6-9-15)19(25)24(20(26)23-21)13-16-14-28-18(22-16)17-10-7-12-27-17/h4-10,12,14H,2-3,11,13H2,1H3,(H,23,26). The average Bonchev–Trinajstić information content (AvgIpc) is 3.44. The molecule has 1 aliphatic rings. The molecule has 1 unspecified atom stereocenters. The molecule has 3 amide bonds. The van der Waals surface area contributed by atoms with Crippen molar-refractivity contribution in [3.05, 3.63) is 65.4 Å². The number of amides is 3. The molecule has 1 N–H and O–H groups in total. The van der Waals surface area contributed by atoms with E-state index in [1.807, 2.05) is 41.8 Å². The van der Waals surface area contributed by atoms with Crippen LogP contribution >= 0.6 is 11.3 Å². The average molecular weight is 395 g/mol. The van der Waals surface area contributed by atoms with E-state index < -0.39 is 5.54 Å². The van der Waals surface area contributed by atoms with E-state index in [4.69, 9.17) is 4.42 Å². The molecule has 6 nitrogen and oxygen atoms in total. The smallest absolute Gasteiger partial charge is 0.325 e. The molecule has 7 heteroatoms. The maximum atomic E-state index is 13.4. The first-order chi connectivity index (χ1) is 13.6. The summed E-state index contributed by atoms with van der Waals surface area (Å²) < 4.78 is 5.37. The van der Waals surface area contributed by atoms with Gasteiger partial charge in [-0.05, 0) is 24.1 Å². The Bertz CT molecular complexity index is 968. The zero-order chi connectivity index (χ0) is 19.6. The minimum Gasteiger partial charge on any atom is -0.462 e. The third-order valence-electron chi connectivity index (χ3n) is 4.95. The number of urea groups is 1. The van der Waals surface area contributed by atoms with Gasteiger partial charge in [-0.2, -0.15) is 0 Å². The Morgan fingerprint density at radius 3 is 2.71 bits per heavy atom. The van der Waals surface area contributed by atoms with Crippen molar-refractivity contribution in [1.29, 1.82) is 0 Å². The van der Waals surface area contributed by atoms with Crippen LogP contribution in [0.3, 0.4) is 0 Å². The third-order valence-corrected chi connectivity index (χ3v) is 5.86. The molecular weight excluding hydrogens is 374 g/mol. The van der Waals surface area contributed by atoms with E-state index in [1.54, 1.807) is 12.3 Å². The van der Waals surface area contributed by atoms with Crippen LogP contribution in [0.4, 0.5) is 4.79 Å². The van der Waals surface area contributed by atoms with E-state index in [0.717, 1.165) is 23.4 Å². The fourth-order valence-electron chi connectivity index (χ4n) is 3.50. The van der Waals surface area contributed by atoms with Gasteiger partial charge in [0.2, 0.25) is 0 Å². The lowest BCUT2D eigenvalue weighted by atomic mass is 9.85. The number of rotatable bonds is 7. The Hall–Kier alpha value is -2.93. The van der Waals surface area contributed by atoms with Crippen molar-refractivity contribution in [2.24, 2.45) is 0 Å². The van der Waals surface area contributed by atoms with Gasteiger partial charge in [-0.15, -0.1) is 11.3 Å². The predicted octanol–water partition coefficient (Wildman–Crippen LogP) is 4.54. The number of aromatic nitrogens is 1. The molecule has 4 rings (SSSR count). The van der Waals surface area contributed by atoms with Crippen molar-refractivity contribution in [3.8, 4) is 10.8 Å². The van der Waals surface area contributed by atoms with Crippen molar-refractivity contribution >= 4 is 23.3 Å². The van der Waals surface area contributed by atoms with Gasteiger partial charge >= 0.3 is 6.03 Å². The van der Waals surface area contributed by atoms with Gasteiger partial charge in [-0.1, -0.05) is 50.1 Å². The van der Waals surface area contributed by atoms with E-state index in [1.165, 1.54) is 16.2 Å². The number of nitrogens with zero attached hydrogens (tertiary/aromatic N) is 2. The minimum atomic E-state index is -1.01. The Labute approximate surface area is 167 Å². The largest absolute Gasteiger partial charge is 0.462 e. The van der Waals surface area contributed by atoms with Crippen LogP contribution in [0.5, 0.6) is 0 Å². The van der Waals surface area contributed by atoms with Gasteiger partial charge in [0.05, 0.1) is 18.5 Å². The van der Waals surface area contributed by atoms with Gasteiger partial charge < -0.3 is 9.73 Å². The molecule has 3 heterocycles. The van der Waals surface area contributed by atoms with Crippen LogP contribution in [-0.4, -0.2) is 21.8 Å². The number of benzene rings is 1. The normalized spacial score (nSPS) is 19.2. The van der Waals surface area contributed by atoms with Gasteiger partial charge in [0.25, 0.3) is 5.91 Å². The van der Waals surface area contributed by atoms with Crippen molar-refractivity contribution in [2.75, 3.05) is 0 Å². The van der Waals surface area contributed by atoms with Gasteiger partial charge in [0.1, 0.15) is 5.54 Å². The SMILES string of the molecule is CCCCC1(c2ccccc2)NC(=O)N(Cc2csc(-c3ccco3)n2)C1=O. The van der Waals surface area contributed by atoms with Crippen LogP contribution in [0, 0.1) is 0 Å². The summed E-state index contributed by atoms with van der Waals surface area (Å²) in [4.78, 5) is 31.9. The second-order valence-corrected chi connectivity index (χ2v) is 7.68. The molecule has 1 saturated heterocycles. The highest BCUT2D eigenvalue weighted by Crippen LogP contribution is 2.35. The van der Waals surface area contributed by atoms with Crippen LogP contribution < -0.4 is 5.32 Å². The first-order valence-electron chi connectivity index (χ1n) is 9.32. The number of unbranched alkanes of at least 4 members (excludes halogenated alkanes) is 1. The summed E-state index contributed by atoms with van der Waals surface area (Å²) in [6.07, 6.45) is 3.95. The number of carbonyl (C=O) groups excluding carboxylic acids is 2. The zero-order valence-corrected chi connectivity index (χ0v) is 16.4. The molecule has 0 saturated carbocycles. The minimum absolute atomic E-state index is 0.141. The van der Waals surface area contributed by atoms with Gasteiger partial charge in [-0.25, -0.2) is 9.78 Å². The molecule has 1 aliphatic heterocycles. The number of carbonyl (C=O) groups is 2. The maximum absolute atomic E-state index is 13.4. The summed E-state index contributed by atoms with van der Waals surface area (Å²) >= 11 is 1.43. The summed E-state index contributed by atoms with van der Waals surface area (Å²) in [7, 11) is 0. The predicted molar refractivity (Wildman–Crippen MR) is 107 cm³/mol. The van der Waals surface area contributed by atoms with Crippen molar-refractivity contribution in [1.82, 2.24) is 15.2 Å². The zero-order valence-electron chi connectivity index (χ0n) is 15.6. The Morgan fingerprint density at radius 1 is 1.18 bits per heavy atom. The molecule has 28 heavy (non-hydrogen) atoms. The number of thiazole rings is 1.